The molecule has 4 fully saturated rings. The van der Waals surface area contributed by atoms with Crippen LogP contribution in [0.3, 0.4) is 0 Å². The van der Waals surface area contributed by atoms with E-state index in [9.17, 15) is 37.1 Å². The van der Waals surface area contributed by atoms with Gasteiger partial charge in [0.1, 0.15) is 5.54 Å². The van der Waals surface area contributed by atoms with Crippen LogP contribution in [0.25, 0.3) is 0 Å². The van der Waals surface area contributed by atoms with Crippen molar-refractivity contribution >= 4 is 59.7 Å². The number of hydrogen-bond donors (Lipinski definition) is 2. The first kappa shape index (κ1) is 45.8. The van der Waals surface area contributed by atoms with Crippen molar-refractivity contribution in [2.75, 3.05) is 38.1 Å². The van der Waals surface area contributed by atoms with Crippen LogP contribution >= 0.6 is 24.4 Å². The maximum Gasteiger partial charge on any atom is 0.417 e. The molecule has 320 valence electrons. The number of urea groups is 1. The Kier molecular flexibility index (Phi) is 14.7. The van der Waals surface area contributed by atoms with Crippen LogP contribution in [-0.2, 0) is 30.1 Å². The van der Waals surface area contributed by atoms with Gasteiger partial charge >= 0.3 is 12.2 Å². The molecule has 2 N–H and O–H groups in total. The van der Waals surface area contributed by atoms with E-state index in [4.69, 9.17) is 10.00 Å². The Morgan fingerprint density at radius 2 is 1.75 bits per heavy atom. The summed E-state index contributed by atoms with van der Waals surface area (Å²) >= 11 is 0.635. The topological polar surface area (TPSA) is 168 Å². The number of amides is 6. The molecule has 14 nitrogen and oxygen atoms in total. The van der Waals surface area contributed by atoms with Gasteiger partial charge in [0.15, 0.2) is 0 Å². The van der Waals surface area contributed by atoms with Crippen LogP contribution < -0.4 is 10.6 Å². The summed E-state index contributed by atoms with van der Waals surface area (Å²) in [7, 11) is 0. The van der Waals surface area contributed by atoms with Gasteiger partial charge in [-0.2, -0.15) is 22.7 Å². The second-order valence-corrected chi connectivity index (χ2v) is 17.0. The third-order valence-electron chi connectivity index (χ3n) is 11.5. The largest absolute Gasteiger partial charge is 0.417 e. The highest BCUT2D eigenvalue weighted by Gasteiger charge is 2.55. The van der Waals surface area contributed by atoms with E-state index < -0.39 is 40.7 Å². The summed E-state index contributed by atoms with van der Waals surface area (Å²) in [6, 6.07) is 7.58. The van der Waals surface area contributed by atoms with E-state index in [1.165, 1.54) is 18.3 Å². The number of nitriles is 1. The van der Waals surface area contributed by atoms with Crippen LogP contribution in [0.2, 0.25) is 0 Å². The number of rotatable bonds is 12. The van der Waals surface area contributed by atoms with E-state index in [-0.39, 0.29) is 72.2 Å². The van der Waals surface area contributed by atoms with Gasteiger partial charge in [0, 0.05) is 55.7 Å². The highest BCUT2D eigenvalue weighted by atomic mass is 35.5. The van der Waals surface area contributed by atoms with Gasteiger partial charge in [-0.05, 0) is 108 Å². The molecule has 0 spiro atoms. The second-order valence-electron chi connectivity index (χ2n) is 16.0. The molecule has 0 bridgehead atoms. The van der Waals surface area contributed by atoms with Crippen LogP contribution in [-0.4, -0.2) is 116 Å². The average molecular weight is 863 g/mol. The minimum Gasteiger partial charge on any atom is -0.378 e. The van der Waals surface area contributed by atoms with Crippen molar-refractivity contribution in [3.05, 3.63) is 53.3 Å². The zero-order valence-electron chi connectivity index (χ0n) is 33.4. The van der Waals surface area contributed by atoms with Gasteiger partial charge in [0.2, 0.25) is 17.7 Å². The van der Waals surface area contributed by atoms with Crippen molar-refractivity contribution in [2.45, 2.75) is 119 Å². The second kappa shape index (κ2) is 19.0. The van der Waals surface area contributed by atoms with E-state index in [1.54, 1.807) is 30.9 Å². The Morgan fingerprint density at radius 3 is 2.36 bits per heavy atom. The van der Waals surface area contributed by atoms with Gasteiger partial charge in [0.25, 0.3) is 5.91 Å². The van der Waals surface area contributed by atoms with Crippen molar-refractivity contribution in [2.24, 2.45) is 0 Å². The SMILES string of the molecule is C[C@@H]1CN(CCCOC2CCC(N3C(=O)N(Sc4ccc(C#N)c(C(F)(F)F)c4)C(=O)C3(C)C)CC2)C[C@H](C)N1CC(=O)Nc1ccc(C2CCC(=O)NC2=O)nc1.Cl. The molecular formula is C40H50ClF3N8O6S. The number of aromatic nitrogens is 1. The first-order chi connectivity index (χ1) is 27.5. The number of nitrogens with zero attached hydrogens (tertiary/aromatic N) is 6. The standard InChI is InChI=1S/C40H49F3N8O6S.ClH/c1-24-21-48(22-25(2)49(24)23-35(53)46-27-7-14-33(45-20-27)31-13-15-34(52)47-36(31)54)16-5-17-57-29-10-8-28(9-11-29)50-38(56)51(37(55)39(50,3)4)58-30-12-6-26(19-44)32(18-30)40(41,42)43;/h6-7,12,14,18,20,24-25,28-29,31H,5,8-11,13,15-17,21-23H2,1-4H3,(H,46,53)(H,47,52,54);1H/t24-,25+,28?,29?,31?;. The molecule has 1 aromatic heterocycles. The summed E-state index contributed by atoms with van der Waals surface area (Å²) in [6.07, 6.45) is 0.913. The maximum absolute atomic E-state index is 13.6. The predicted octanol–water partition coefficient (Wildman–Crippen LogP) is 5.72. The first-order valence-corrected chi connectivity index (χ1v) is 20.4. The maximum atomic E-state index is 13.6. The Morgan fingerprint density at radius 1 is 1.05 bits per heavy atom. The first-order valence-electron chi connectivity index (χ1n) is 19.6. The summed E-state index contributed by atoms with van der Waals surface area (Å²) in [6.45, 7) is 10.7. The summed E-state index contributed by atoms with van der Waals surface area (Å²) in [5.74, 6) is -1.80. The molecule has 2 aromatic rings. The van der Waals surface area contributed by atoms with Gasteiger partial charge in [-0.15, -0.1) is 12.4 Å². The zero-order valence-corrected chi connectivity index (χ0v) is 35.1. The Labute approximate surface area is 352 Å². The number of ether oxygens (including phenoxy) is 1. The van der Waals surface area contributed by atoms with E-state index >= 15 is 0 Å². The lowest BCUT2D eigenvalue weighted by atomic mass is 9.89. The number of pyridine rings is 1. The van der Waals surface area contributed by atoms with Crippen LogP contribution in [0.1, 0.15) is 95.4 Å². The molecule has 6 rings (SSSR count). The van der Waals surface area contributed by atoms with E-state index in [1.807, 2.05) is 0 Å². The van der Waals surface area contributed by atoms with Gasteiger partial charge in [-0.1, -0.05) is 0 Å². The molecule has 3 saturated heterocycles. The molecule has 3 atom stereocenters. The molecule has 6 amide bonds. The highest BCUT2D eigenvalue weighted by molar-refractivity contribution is 7.98. The fourth-order valence-electron chi connectivity index (χ4n) is 8.48. The minimum atomic E-state index is -4.76. The number of carbonyl (C=O) groups is 5. The lowest BCUT2D eigenvalue weighted by Gasteiger charge is -2.44. The molecule has 0 radical (unpaired) electrons. The number of benzene rings is 1. The summed E-state index contributed by atoms with van der Waals surface area (Å²) < 4.78 is 47.8. The number of nitrogens with one attached hydrogen (secondary N) is 2. The number of piperidine rings is 1. The van der Waals surface area contributed by atoms with Crippen molar-refractivity contribution in [1.82, 2.24) is 29.3 Å². The zero-order chi connectivity index (χ0) is 41.9. The molecule has 4 heterocycles. The number of hydrogen-bond acceptors (Lipinski definition) is 11. The van der Waals surface area contributed by atoms with Crippen LogP contribution in [0.4, 0.5) is 23.7 Å². The molecule has 1 aliphatic carbocycles. The quantitative estimate of drug-likeness (QED) is 0.116. The third kappa shape index (κ3) is 10.5. The number of anilines is 1. The van der Waals surface area contributed by atoms with Gasteiger partial charge in [-0.3, -0.25) is 34.4 Å². The lowest BCUT2D eigenvalue weighted by Crippen LogP contribution is -2.58. The average Bonchev–Trinajstić information content (AvgIpc) is 3.33. The van der Waals surface area contributed by atoms with E-state index in [2.05, 4.69) is 39.3 Å². The molecule has 4 aliphatic rings. The van der Waals surface area contributed by atoms with E-state index in [0.717, 1.165) is 42.5 Å². The fraction of sp³-hybridized carbons (Fsp3) is 0.575. The summed E-state index contributed by atoms with van der Waals surface area (Å²) in [5, 5.41) is 14.4. The fourth-order valence-corrected chi connectivity index (χ4v) is 9.46. The van der Waals surface area contributed by atoms with Crippen LogP contribution in [0.15, 0.2) is 41.4 Å². The number of imide groups is 2. The number of halogens is 4. The molecule has 3 aliphatic heterocycles. The highest BCUT2D eigenvalue weighted by Crippen LogP contribution is 2.42. The predicted molar refractivity (Wildman–Crippen MR) is 214 cm³/mol. The van der Waals surface area contributed by atoms with Crippen molar-refractivity contribution in [1.29, 1.82) is 5.26 Å². The third-order valence-corrected chi connectivity index (χ3v) is 12.4. The monoisotopic (exact) mass is 862 g/mol. The lowest BCUT2D eigenvalue weighted by molar-refractivity contribution is -0.138. The van der Waals surface area contributed by atoms with Gasteiger partial charge in [0.05, 0.1) is 53.3 Å². The number of piperazine rings is 1. The molecular weight excluding hydrogens is 813 g/mol. The molecule has 1 unspecified atom stereocenters. The number of carbonyl (C=O) groups excluding carboxylic acids is 5. The van der Waals surface area contributed by atoms with Crippen LogP contribution in [0, 0.1) is 11.3 Å². The normalized spacial score (nSPS) is 25.4. The Hall–Kier alpha value is -4.28. The molecule has 1 aromatic carbocycles. The summed E-state index contributed by atoms with van der Waals surface area (Å²) in [4.78, 5) is 74.1. The minimum absolute atomic E-state index is 0. The van der Waals surface area contributed by atoms with Crippen molar-refractivity contribution < 1.29 is 41.9 Å². The van der Waals surface area contributed by atoms with Gasteiger partial charge in [-0.25, -0.2) is 4.79 Å². The Balaban J connectivity index is 0.00000661. The van der Waals surface area contributed by atoms with Crippen molar-refractivity contribution in [3.63, 3.8) is 0 Å². The van der Waals surface area contributed by atoms with Crippen LogP contribution in [0.5, 0.6) is 0 Å². The molecule has 19 heteroatoms. The smallest absolute Gasteiger partial charge is 0.378 e. The summed E-state index contributed by atoms with van der Waals surface area (Å²) in [5.41, 5.74) is -1.75. The van der Waals surface area contributed by atoms with Gasteiger partial charge < -0.3 is 19.9 Å². The molecule has 1 saturated carbocycles. The molecule has 59 heavy (non-hydrogen) atoms. The number of alkyl halides is 3. The Bertz CT molecular complexity index is 1930. The van der Waals surface area contributed by atoms with Crippen molar-refractivity contribution in [3.8, 4) is 6.07 Å². The van der Waals surface area contributed by atoms with E-state index in [0.29, 0.717) is 62.0 Å².